The number of para-hydroxylation sites is 1. The lowest BCUT2D eigenvalue weighted by Gasteiger charge is -2.27. The van der Waals surface area contributed by atoms with Gasteiger partial charge in [0.05, 0.1) is 19.7 Å². The van der Waals surface area contributed by atoms with E-state index in [0.717, 1.165) is 24.2 Å². The molecule has 2 rings (SSSR count). The molecule has 1 aromatic rings. The first-order valence-electron chi connectivity index (χ1n) is 9.18. The number of amides is 2. The van der Waals surface area contributed by atoms with Crippen LogP contribution in [0.25, 0.3) is 0 Å². The second-order valence-electron chi connectivity index (χ2n) is 6.91. The minimum absolute atomic E-state index is 0.0152. The van der Waals surface area contributed by atoms with Crippen LogP contribution in [0.5, 0.6) is 5.75 Å². The van der Waals surface area contributed by atoms with Gasteiger partial charge in [0, 0.05) is 19.0 Å². The monoisotopic (exact) mass is 346 g/mol. The molecule has 1 aliphatic carbocycles. The zero-order valence-electron chi connectivity index (χ0n) is 15.6. The number of likely N-dealkylation sites (N-methyl/N-ethyl adjacent to an activating group) is 1. The second-order valence-corrected chi connectivity index (χ2v) is 6.91. The first-order chi connectivity index (χ1) is 12.0. The molecule has 1 fully saturated rings. The Morgan fingerprint density at radius 2 is 1.92 bits per heavy atom. The number of benzene rings is 1. The van der Waals surface area contributed by atoms with Gasteiger partial charge in [-0.05, 0) is 31.7 Å². The van der Waals surface area contributed by atoms with E-state index < -0.39 is 0 Å². The van der Waals surface area contributed by atoms with Gasteiger partial charge in [0.15, 0.2) is 0 Å². The van der Waals surface area contributed by atoms with Gasteiger partial charge in [-0.25, -0.2) is 0 Å². The van der Waals surface area contributed by atoms with E-state index in [0.29, 0.717) is 12.3 Å². The van der Waals surface area contributed by atoms with E-state index in [1.807, 2.05) is 31.2 Å². The number of methoxy groups -OCH3 is 1. The Labute approximate surface area is 150 Å². The van der Waals surface area contributed by atoms with Crippen molar-refractivity contribution in [3.05, 3.63) is 29.8 Å². The Bertz CT molecular complexity index is 582. The van der Waals surface area contributed by atoms with Crippen LogP contribution in [0.4, 0.5) is 0 Å². The fourth-order valence-electron chi connectivity index (χ4n) is 3.46. The summed E-state index contributed by atoms with van der Waals surface area (Å²) in [4.78, 5) is 26.2. The Morgan fingerprint density at radius 3 is 2.60 bits per heavy atom. The highest BCUT2D eigenvalue weighted by molar-refractivity contribution is 5.85. The molecule has 0 aromatic heterocycles. The number of carbonyl (C=O) groups is 2. The number of nitrogens with zero attached hydrogens (tertiary/aromatic N) is 1. The Kier molecular flexibility index (Phi) is 7.29. The third-order valence-corrected chi connectivity index (χ3v) is 5.20. The van der Waals surface area contributed by atoms with Gasteiger partial charge in [0.25, 0.3) is 0 Å². The molecule has 0 saturated heterocycles. The molecule has 1 saturated carbocycles. The van der Waals surface area contributed by atoms with Crippen molar-refractivity contribution < 1.29 is 14.3 Å². The van der Waals surface area contributed by atoms with Crippen molar-refractivity contribution in [3.63, 3.8) is 0 Å². The average Bonchev–Trinajstić information content (AvgIpc) is 2.65. The molecule has 0 unspecified atom stereocenters. The van der Waals surface area contributed by atoms with Crippen molar-refractivity contribution in [2.45, 2.75) is 51.5 Å². The number of ether oxygens (including phenoxy) is 1. The summed E-state index contributed by atoms with van der Waals surface area (Å²) < 4.78 is 5.37. The van der Waals surface area contributed by atoms with Crippen molar-refractivity contribution in [1.29, 1.82) is 0 Å². The molecule has 1 atom stereocenters. The smallest absolute Gasteiger partial charge is 0.242 e. The maximum Gasteiger partial charge on any atom is 0.242 e. The van der Waals surface area contributed by atoms with Gasteiger partial charge in [-0.3, -0.25) is 9.59 Å². The predicted molar refractivity (Wildman–Crippen MR) is 98.4 cm³/mol. The molecule has 0 bridgehead atoms. The largest absolute Gasteiger partial charge is 0.496 e. The zero-order valence-corrected chi connectivity index (χ0v) is 15.6. The summed E-state index contributed by atoms with van der Waals surface area (Å²) in [6.45, 7) is 2.00. The van der Waals surface area contributed by atoms with E-state index >= 15 is 0 Å². The quantitative estimate of drug-likeness (QED) is 0.824. The van der Waals surface area contributed by atoms with Gasteiger partial charge in [0.1, 0.15) is 5.75 Å². The van der Waals surface area contributed by atoms with Crippen LogP contribution in [-0.2, 0) is 9.59 Å². The molecule has 1 aliphatic rings. The van der Waals surface area contributed by atoms with Crippen LogP contribution >= 0.6 is 0 Å². The van der Waals surface area contributed by atoms with Crippen molar-refractivity contribution in [2.75, 3.05) is 20.7 Å². The van der Waals surface area contributed by atoms with E-state index in [1.54, 1.807) is 19.1 Å². The van der Waals surface area contributed by atoms with Gasteiger partial charge in [0.2, 0.25) is 11.8 Å². The van der Waals surface area contributed by atoms with Crippen LogP contribution in [0, 0.1) is 5.92 Å². The maximum atomic E-state index is 12.4. The van der Waals surface area contributed by atoms with E-state index in [2.05, 4.69) is 5.32 Å². The summed E-state index contributed by atoms with van der Waals surface area (Å²) in [5.41, 5.74) is 0.953. The molecule has 0 radical (unpaired) electrons. The molecule has 138 valence electrons. The molecular formula is C20H30N2O3. The van der Waals surface area contributed by atoms with Crippen LogP contribution in [0.1, 0.15) is 57.1 Å². The van der Waals surface area contributed by atoms with Crippen molar-refractivity contribution in [3.8, 4) is 5.75 Å². The molecule has 5 nitrogen and oxygen atoms in total. The number of hydrogen-bond acceptors (Lipinski definition) is 3. The average molecular weight is 346 g/mol. The summed E-state index contributed by atoms with van der Waals surface area (Å²) >= 11 is 0. The van der Waals surface area contributed by atoms with Crippen LogP contribution < -0.4 is 10.1 Å². The molecule has 0 heterocycles. The fraction of sp³-hybridized carbons (Fsp3) is 0.600. The molecule has 25 heavy (non-hydrogen) atoms. The van der Waals surface area contributed by atoms with Crippen LogP contribution in [0.2, 0.25) is 0 Å². The van der Waals surface area contributed by atoms with E-state index in [-0.39, 0.29) is 24.4 Å². The van der Waals surface area contributed by atoms with E-state index in [1.165, 1.54) is 19.3 Å². The molecule has 2 amide bonds. The van der Waals surface area contributed by atoms with Crippen molar-refractivity contribution >= 4 is 11.8 Å². The zero-order chi connectivity index (χ0) is 18.2. The molecule has 0 aliphatic heterocycles. The molecular weight excluding hydrogens is 316 g/mol. The van der Waals surface area contributed by atoms with Crippen LogP contribution in [-0.4, -0.2) is 37.4 Å². The lowest BCUT2D eigenvalue weighted by molar-refractivity contribution is -0.133. The van der Waals surface area contributed by atoms with Gasteiger partial charge in [-0.15, -0.1) is 0 Å². The predicted octanol–water partition coefficient (Wildman–Crippen LogP) is 3.30. The summed E-state index contributed by atoms with van der Waals surface area (Å²) in [6, 6.07) is 7.55. The third-order valence-electron chi connectivity index (χ3n) is 5.20. The lowest BCUT2D eigenvalue weighted by Crippen LogP contribution is -2.39. The maximum absolute atomic E-state index is 12.4. The van der Waals surface area contributed by atoms with Gasteiger partial charge in [-0.2, -0.15) is 0 Å². The topological polar surface area (TPSA) is 58.6 Å². The summed E-state index contributed by atoms with van der Waals surface area (Å²) in [5, 5.41) is 2.78. The summed E-state index contributed by atoms with van der Waals surface area (Å²) in [5.74, 6) is 1.12. The highest BCUT2D eigenvalue weighted by atomic mass is 16.5. The Balaban J connectivity index is 1.83. The standard InChI is InChI=1S/C20H30N2O3/c1-15(17-11-7-8-12-18(17)25-3)22(2)20(24)14-21-19(23)13-16-9-5-4-6-10-16/h7-8,11-12,15-16H,4-6,9-10,13-14H2,1-3H3,(H,21,23)/t15-/m0/s1. The van der Waals surface area contributed by atoms with Gasteiger partial charge in [-0.1, -0.05) is 37.5 Å². The first-order valence-corrected chi connectivity index (χ1v) is 9.18. The van der Waals surface area contributed by atoms with Gasteiger partial charge >= 0.3 is 0 Å². The van der Waals surface area contributed by atoms with Crippen molar-refractivity contribution in [2.24, 2.45) is 5.92 Å². The number of hydrogen-bond donors (Lipinski definition) is 1. The fourth-order valence-corrected chi connectivity index (χ4v) is 3.46. The first kappa shape index (κ1) is 19.3. The molecule has 5 heteroatoms. The minimum atomic E-state index is -0.126. The summed E-state index contributed by atoms with van der Waals surface area (Å²) in [6.07, 6.45) is 6.52. The minimum Gasteiger partial charge on any atom is -0.496 e. The van der Waals surface area contributed by atoms with E-state index in [9.17, 15) is 9.59 Å². The van der Waals surface area contributed by atoms with Crippen LogP contribution in [0.15, 0.2) is 24.3 Å². The normalized spacial score (nSPS) is 16.1. The van der Waals surface area contributed by atoms with Crippen LogP contribution in [0.3, 0.4) is 0 Å². The lowest BCUT2D eigenvalue weighted by atomic mass is 9.87. The van der Waals surface area contributed by atoms with Gasteiger partial charge < -0.3 is 15.0 Å². The highest BCUT2D eigenvalue weighted by Gasteiger charge is 2.21. The highest BCUT2D eigenvalue weighted by Crippen LogP contribution is 2.28. The Morgan fingerprint density at radius 1 is 1.24 bits per heavy atom. The molecule has 1 N–H and O–H groups in total. The number of rotatable bonds is 7. The van der Waals surface area contributed by atoms with Crippen molar-refractivity contribution in [1.82, 2.24) is 10.2 Å². The second kappa shape index (κ2) is 9.44. The Hall–Kier alpha value is -2.04. The number of carbonyl (C=O) groups excluding carboxylic acids is 2. The third kappa shape index (κ3) is 5.48. The molecule has 1 aromatic carbocycles. The number of nitrogens with one attached hydrogen (secondary N) is 1. The summed E-state index contributed by atoms with van der Waals surface area (Å²) in [7, 11) is 3.38. The van der Waals surface area contributed by atoms with E-state index in [4.69, 9.17) is 4.74 Å². The SMILES string of the molecule is COc1ccccc1[C@H](C)N(C)C(=O)CNC(=O)CC1CCCCC1. The molecule has 0 spiro atoms.